The first kappa shape index (κ1) is 13.9. The molecule has 0 spiro atoms. The van der Waals surface area contributed by atoms with Crippen LogP contribution >= 0.6 is 0 Å². The maximum absolute atomic E-state index is 4.79. The molecular weight excluding hydrogens is 242 g/mol. The number of nitrogens with one attached hydrogen (secondary N) is 2. The molecule has 6 nitrogen and oxygen atoms in total. The molecule has 1 fully saturated rings. The lowest BCUT2D eigenvalue weighted by Crippen LogP contribution is -2.44. The molecule has 2 heterocycles. The predicted molar refractivity (Wildman–Crippen MR) is 75.0 cm³/mol. The van der Waals surface area contributed by atoms with Crippen molar-refractivity contribution in [3.8, 4) is 0 Å². The summed E-state index contributed by atoms with van der Waals surface area (Å²) in [5, 5.41) is 10.5. The van der Waals surface area contributed by atoms with Gasteiger partial charge in [-0.3, -0.25) is 9.89 Å². The zero-order valence-corrected chi connectivity index (χ0v) is 11.7. The van der Waals surface area contributed by atoms with Gasteiger partial charge in [0.2, 0.25) is 0 Å². The van der Waals surface area contributed by atoms with E-state index in [2.05, 4.69) is 32.6 Å². The van der Waals surface area contributed by atoms with Crippen molar-refractivity contribution in [2.75, 3.05) is 26.7 Å². The molecule has 106 valence electrons. The molecule has 2 rings (SSSR count). The number of likely N-dealkylation sites (tertiary alicyclic amines) is 1. The minimum absolute atomic E-state index is 0.621. The van der Waals surface area contributed by atoms with Gasteiger partial charge < -0.3 is 15.2 Å². The van der Waals surface area contributed by atoms with Crippen molar-refractivity contribution < 1.29 is 4.52 Å². The molecule has 6 heteroatoms. The molecule has 1 aromatic rings. The van der Waals surface area contributed by atoms with Crippen molar-refractivity contribution in [2.24, 2.45) is 4.99 Å². The fourth-order valence-electron chi connectivity index (χ4n) is 2.48. The molecule has 0 amide bonds. The highest BCUT2D eigenvalue weighted by molar-refractivity contribution is 5.79. The Morgan fingerprint density at radius 2 is 2.47 bits per heavy atom. The van der Waals surface area contributed by atoms with Crippen LogP contribution in [0.25, 0.3) is 0 Å². The monoisotopic (exact) mass is 265 g/mol. The van der Waals surface area contributed by atoms with Crippen LogP contribution in [0.3, 0.4) is 0 Å². The number of guanidine groups is 1. The van der Waals surface area contributed by atoms with E-state index in [1.54, 1.807) is 13.3 Å². The largest absolute Gasteiger partial charge is 0.364 e. The minimum Gasteiger partial charge on any atom is -0.364 e. The van der Waals surface area contributed by atoms with Crippen molar-refractivity contribution in [3.05, 3.63) is 18.0 Å². The fourth-order valence-corrected chi connectivity index (χ4v) is 2.48. The highest BCUT2D eigenvalue weighted by Crippen LogP contribution is 2.15. The van der Waals surface area contributed by atoms with E-state index >= 15 is 0 Å². The van der Waals surface area contributed by atoms with Gasteiger partial charge in [-0.25, -0.2) is 0 Å². The first-order valence-corrected chi connectivity index (χ1v) is 6.91. The molecule has 1 aliphatic rings. The Labute approximate surface area is 114 Å². The first-order valence-electron chi connectivity index (χ1n) is 6.91. The van der Waals surface area contributed by atoms with Gasteiger partial charge in [0.15, 0.2) is 5.96 Å². The van der Waals surface area contributed by atoms with Crippen LogP contribution in [-0.2, 0) is 6.54 Å². The summed E-state index contributed by atoms with van der Waals surface area (Å²) < 4.78 is 4.79. The number of rotatable bonds is 5. The first-order chi connectivity index (χ1) is 9.33. The molecule has 0 saturated carbocycles. The second kappa shape index (κ2) is 7.13. The van der Waals surface area contributed by atoms with Crippen molar-refractivity contribution in [1.82, 2.24) is 20.7 Å². The lowest BCUT2D eigenvalue weighted by Gasteiger charge is -2.23. The highest BCUT2D eigenvalue weighted by Gasteiger charge is 2.22. The maximum atomic E-state index is 4.79. The van der Waals surface area contributed by atoms with Gasteiger partial charge in [-0.2, -0.15) is 0 Å². The molecule has 0 bridgehead atoms. The molecule has 0 aliphatic carbocycles. The van der Waals surface area contributed by atoms with Gasteiger partial charge in [0.1, 0.15) is 12.0 Å². The molecule has 1 saturated heterocycles. The van der Waals surface area contributed by atoms with Crippen LogP contribution in [0.15, 0.2) is 21.8 Å². The third-order valence-corrected chi connectivity index (χ3v) is 3.56. The Morgan fingerprint density at radius 3 is 3.16 bits per heavy atom. The number of hydrogen-bond acceptors (Lipinski definition) is 4. The van der Waals surface area contributed by atoms with E-state index in [9.17, 15) is 0 Å². The Balaban J connectivity index is 1.73. The average Bonchev–Trinajstić information content (AvgIpc) is 3.09. The SMILES string of the molecule is CCN1CCCC1CNC(=NC)NCc1ccon1. The van der Waals surface area contributed by atoms with Crippen LogP contribution in [0.1, 0.15) is 25.5 Å². The van der Waals surface area contributed by atoms with Gasteiger partial charge in [-0.15, -0.1) is 0 Å². The lowest BCUT2D eigenvalue weighted by atomic mass is 10.2. The summed E-state index contributed by atoms with van der Waals surface area (Å²) in [6.07, 6.45) is 4.14. The normalized spacial score (nSPS) is 20.7. The molecule has 1 atom stereocenters. The fraction of sp³-hybridized carbons (Fsp3) is 0.692. The lowest BCUT2D eigenvalue weighted by molar-refractivity contribution is 0.267. The number of nitrogens with zero attached hydrogens (tertiary/aromatic N) is 3. The average molecular weight is 265 g/mol. The summed E-state index contributed by atoms with van der Waals surface area (Å²) in [6.45, 7) is 6.12. The highest BCUT2D eigenvalue weighted by atomic mass is 16.5. The molecule has 2 N–H and O–H groups in total. The van der Waals surface area contributed by atoms with E-state index in [1.165, 1.54) is 19.4 Å². The quantitative estimate of drug-likeness (QED) is 0.609. The number of likely N-dealkylation sites (N-methyl/N-ethyl adjacent to an activating group) is 1. The van der Waals surface area contributed by atoms with E-state index in [0.29, 0.717) is 12.6 Å². The Kier molecular flexibility index (Phi) is 5.20. The number of hydrogen-bond donors (Lipinski definition) is 2. The van der Waals surface area contributed by atoms with Crippen molar-refractivity contribution in [3.63, 3.8) is 0 Å². The Bertz CT molecular complexity index is 390. The van der Waals surface area contributed by atoms with Gasteiger partial charge in [-0.1, -0.05) is 12.1 Å². The molecule has 0 radical (unpaired) electrons. The Morgan fingerprint density at radius 1 is 1.58 bits per heavy atom. The zero-order chi connectivity index (χ0) is 13.5. The second-order valence-corrected chi connectivity index (χ2v) is 4.72. The summed E-state index contributed by atoms with van der Waals surface area (Å²) in [5.41, 5.74) is 0.874. The van der Waals surface area contributed by atoms with E-state index in [4.69, 9.17) is 4.52 Å². The standard InChI is InChI=1S/C13H23N5O/c1-3-18-7-4-5-12(18)10-16-13(14-2)15-9-11-6-8-19-17-11/h6,8,12H,3-5,7,9-10H2,1-2H3,(H2,14,15,16). The summed E-state index contributed by atoms with van der Waals surface area (Å²) in [6, 6.07) is 2.46. The van der Waals surface area contributed by atoms with E-state index in [-0.39, 0.29) is 0 Å². The van der Waals surface area contributed by atoms with E-state index in [1.807, 2.05) is 6.07 Å². The van der Waals surface area contributed by atoms with Crippen molar-refractivity contribution in [1.29, 1.82) is 0 Å². The number of aromatic nitrogens is 1. The summed E-state index contributed by atoms with van der Waals surface area (Å²) in [5.74, 6) is 0.811. The maximum Gasteiger partial charge on any atom is 0.191 e. The van der Waals surface area contributed by atoms with Gasteiger partial charge >= 0.3 is 0 Å². The minimum atomic E-state index is 0.621. The van der Waals surface area contributed by atoms with Crippen molar-refractivity contribution in [2.45, 2.75) is 32.4 Å². The van der Waals surface area contributed by atoms with Crippen LogP contribution in [-0.4, -0.2) is 48.7 Å². The molecule has 19 heavy (non-hydrogen) atoms. The molecule has 1 unspecified atom stereocenters. The topological polar surface area (TPSA) is 65.7 Å². The molecular formula is C13H23N5O. The van der Waals surface area contributed by atoms with Gasteiger partial charge in [-0.05, 0) is 25.9 Å². The summed E-state index contributed by atoms with van der Waals surface area (Å²) in [4.78, 5) is 6.73. The van der Waals surface area contributed by atoms with Crippen molar-refractivity contribution >= 4 is 5.96 Å². The third kappa shape index (κ3) is 3.96. The number of aliphatic imine (C=N–C) groups is 1. The van der Waals surface area contributed by atoms with Crippen LogP contribution in [0.2, 0.25) is 0 Å². The molecule has 1 aliphatic heterocycles. The van der Waals surface area contributed by atoms with Crippen LogP contribution in [0.5, 0.6) is 0 Å². The van der Waals surface area contributed by atoms with Crippen LogP contribution < -0.4 is 10.6 Å². The Hall–Kier alpha value is -1.56. The smallest absolute Gasteiger partial charge is 0.191 e. The van der Waals surface area contributed by atoms with Crippen LogP contribution in [0, 0.1) is 0 Å². The third-order valence-electron chi connectivity index (χ3n) is 3.56. The second-order valence-electron chi connectivity index (χ2n) is 4.72. The molecule has 1 aromatic heterocycles. The van der Waals surface area contributed by atoms with E-state index < -0.39 is 0 Å². The van der Waals surface area contributed by atoms with Gasteiger partial charge in [0.05, 0.1) is 6.54 Å². The van der Waals surface area contributed by atoms with E-state index in [0.717, 1.165) is 24.7 Å². The zero-order valence-electron chi connectivity index (χ0n) is 11.7. The van der Waals surface area contributed by atoms with Gasteiger partial charge in [0, 0.05) is 25.7 Å². The predicted octanol–water partition coefficient (Wildman–Crippen LogP) is 0.824. The van der Waals surface area contributed by atoms with Gasteiger partial charge in [0.25, 0.3) is 0 Å². The summed E-state index contributed by atoms with van der Waals surface area (Å²) in [7, 11) is 1.78. The molecule has 0 aromatic carbocycles. The van der Waals surface area contributed by atoms with Crippen LogP contribution in [0.4, 0.5) is 0 Å². The summed E-state index contributed by atoms with van der Waals surface area (Å²) >= 11 is 0.